The number of β-amino-alcohol motifs (C(OH)–C–C–N with tert-alkyl or cyclic N) is 1. The predicted molar refractivity (Wildman–Crippen MR) is 88.6 cm³/mol. The van der Waals surface area contributed by atoms with Crippen molar-refractivity contribution >= 4 is 5.91 Å². The monoisotopic (exact) mass is 318 g/mol. The van der Waals surface area contributed by atoms with Crippen molar-refractivity contribution in [3.8, 4) is 5.75 Å². The molecule has 5 heteroatoms. The Bertz CT molecular complexity index is 529. The van der Waals surface area contributed by atoms with Crippen molar-refractivity contribution in [2.45, 2.75) is 44.3 Å². The van der Waals surface area contributed by atoms with Gasteiger partial charge in [0.05, 0.1) is 12.2 Å². The molecular weight excluding hydrogens is 292 g/mol. The van der Waals surface area contributed by atoms with Gasteiger partial charge in [-0.1, -0.05) is 12.5 Å². The number of hydrogen-bond donors (Lipinski definition) is 3. The van der Waals surface area contributed by atoms with E-state index in [0.717, 1.165) is 25.1 Å². The van der Waals surface area contributed by atoms with E-state index in [1.54, 1.807) is 6.07 Å². The van der Waals surface area contributed by atoms with Crippen LogP contribution in [0.4, 0.5) is 0 Å². The zero-order valence-electron chi connectivity index (χ0n) is 13.5. The van der Waals surface area contributed by atoms with Gasteiger partial charge >= 0.3 is 0 Å². The first kappa shape index (κ1) is 16.3. The molecule has 0 aromatic heterocycles. The van der Waals surface area contributed by atoms with Gasteiger partial charge < -0.3 is 20.5 Å². The van der Waals surface area contributed by atoms with Crippen LogP contribution in [0.2, 0.25) is 0 Å². The standard InChI is InChI=1S/C18H26N2O3/c21-17-12-19-10-14(17)11-20-18(22)13-5-4-8-16(9-13)23-15-6-2-1-3-7-15/h4-5,8-9,14-15,17,19,21H,1-3,6-7,10-12H2,(H,20,22). The van der Waals surface area contributed by atoms with Crippen LogP contribution in [0.25, 0.3) is 0 Å². The molecule has 1 amide bonds. The second-order valence-corrected chi connectivity index (χ2v) is 6.60. The molecule has 1 heterocycles. The van der Waals surface area contributed by atoms with E-state index in [2.05, 4.69) is 10.6 Å². The van der Waals surface area contributed by atoms with Gasteiger partial charge in [0.25, 0.3) is 5.91 Å². The molecule has 2 fully saturated rings. The van der Waals surface area contributed by atoms with Gasteiger partial charge in [-0.15, -0.1) is 0 Å². The lowest BCUT2D eigenvalue weighted by Crippen LogP contribution is -2.34. The Balaban J connectivity index is 1.54. The third-order valence-corrected chi connectivity index (χ3v) is 4.78. The Hall–Kier alpha value is -1.59. The minimum Gasteiger partial charge on any atom is -0.490 e. The maximum Gasteiger partial charge on any atom is 0.251 e. The zero-order chi connectivity index (χ0) is 16.1. The molecule has 1 saturated carbocycles. The molecule has 5 nitrogen and oxygen atoms in total. The van der Waals surface area contributed by atoms with Crippen LogP contribution in [0.15, 0.2) is 24.3 Å². The number of amides is 1. The van der Waals surface area contributed by atoms with E-state index in [-0.39, 0.29) is 24.0 Å². The molecule has 3 rings (SSSR count). The molecule has 0 spiro atoms. The fraction of sp³-hybridized carbons (Fsp3) is 0.611. The number of aliphatic hydroxyl groups excluding tert-OH is 1. The minimum atomic E-state index is -0.378. The quantitative estimate of drug-likeness (QED) is 0.773. The smallest absolute Gasteiger partial charge is 0.251 e. The summed E-state index contributed by atoms with van der Waals surface area (Å²) in [4.78, 5) is 12.3. The van der Waals surface area contributed by atoms with Gasteiger partial charge in [-0.05, 0) is 43.9 Å². The molecule has 1 aliphatic heterocycles. The van der Waals surface area contributed by atoms with Gasteiger partial charge in [-0.3, -0.25) is 4.79 Å². The lowest BCUT2D eigenvalue weighted by Gasteiger charge is -2.23. The summed E-state index contributed by atoms with van der Waals surface area (Å²) in [6.07, 6.45) is 5.85. The molecule has 0 radical (unpaired) electrons. The maximum atomic E-state index is 12.3. The van der Waals surface area contributed by atoms with Crippen molar-refractivity contribution in [2.24, 2.45) is 5.92 Å². The number of nitrogens with one attached hydrogen (secondary N) is 2. The molecule has 126 valence electrons. The van der Waals surface area contributed by atoms with Gasteiger partial charge in [0, 0.05) is 31.1 Å². The number of carbonyl (C=O) groups is 1. The fourth-order valence-electron chi connectivity index (χ4n) is 3.34. The van der Waals surface area contributed by atoms with Crippen LogP contribution >= 0.6 is 0 Å². The zero-order valence-corrected chi connectivity index (χ0v) is 13.5. The third kappa shape index (κ3) is 4.45. The summed E-state index contributed by atoms with van der Waals surface area (Å²) in [5.41, 5.74) is 0.610. The number of ether oxygens (including phenoxy) is 1. The molecule has 2 unspecified atom stereocenters. The van der Waals surface area contributed by atoms with E-state index in [1.807, 2.05) is 18.2 Å². The van der Waals surface area contributed by atoms with Crippen molar-refractivity contribution < 1.29 is 14.6 Å². The van der Waals surface area contributed by atoms with Crippen molar-refractivity contribution in [3.05, 3.63) is 29.8 Å². The summed E-state index contributed by atoms with van der Waals surface area (Å²) in [5.74, 6) is 0.742. The van der Waals surface area contributed by atoms with Gasteiger partial charge in [0.15, 0.2) is 0 Å². The van der Waals surface area contributed by atoms with Crippen LogP contribution in [0.3, 0.4) is 0 Å². The molecule has 1 saturated heterocycles. The van der Waals surface area contributed by atoms with E-state index < -0.39 is 0 Å². The van der Waals surface area contributed by atoms with Crippen LogP contribution in [-0.2, 0) is 0 Å². The molecule has 3 N–H and O–H groups in total. The fourth-order valence-corrected chi connectivity index (χ4v) is 3.34. The highest BCUT2D eigenvalue weighted by Crippen LogP contribution is 2.24. The SMILES string of the molecule is O=C(NCC1CNCC1O)c1cccc(OC2CCCCC2)c1. The summed E-state index contributed by atoms with van der Waals surface area (Å²) >= 11 is 0. The van der Waals surface area contributed by atoms with Crippen LogP contribution < -0.4 is 15.4 Å². The number of rotatable bonds is 5. The van der Waals surface area contributed by atoms with E-state index in [0.29, 0.717) is 18.7 Å². The average Bonchev–Trinajstić information content (AvgIpc) is 2.99. The molecule has 1 aromatic carbocycles. The lowest BCUT2D eigenvalue weighted by atomic mass is 9.98. The van der Waals surface area contributed by atoms with E-state index >= 15 is 0 Å². The summed E-state index contributed by atoms with van der Waals surface area (Å²) in [6.45, 7) is 1.83. The molecule has 23 heavy (non-hydrogen) atoms. The van der Waals surface area contributed by atoms with Crippen LogP contribution in [0.5, 0.6) is 5.75 Å². The van der Waals surface area contributed by atoms with Crippen molar-refractivity contribution in [3.63, 3.8) is 0 Å². The predicted octanol–water partition coefficient (Wildman–Crippen LogP) is 1.71. The largest absolute Gasteiger partial charge is 0.490 e. The number of benzene rings is 1. The van der Waals surface area contributed by atoms with Crippen LogP contribution in [-0.4, -0.2) is 42.9 Å². The van der Waals surface area contributed by atoms with Crippen LogP contribution in [0.1, 0.15) is 42.5 Å². The minimum absolute atomic E-state index is 0.0839. The molecule has 1 aliphatic carbocycles. The normalized spacial score (nSPS) is 25.3. The summed E-state index contributed by atoms with van der Waals surface area (Å²) in [5, 5.41) is 15.8. The lowest BCUT2D eigenvalue weighted by molar-refractivity contribution is 0.0925. The molecule has 1 aromatic rings. The van der Waals surface area contributed by atoms with E-state index in [9.17, 15) is 9.90 Å². The van der Waals surface area contributed by atoms with Crippen LogP contribution in [0, 0.1) is 5.92 Å². The van der Waals surface area contributed by atoms with Gasteiger partial charge in [0.1, 0.15) is 5.75 Å². The van der Waals surface area contributed by atoms with Gasteiger partial charge in [-0.25, -0.2) is 0 Å². The second-order valence-electron chi connectivity index (χ2n) is 6.60. The highest BCUT2D eigenvalue weighted by molar-refractivity contribution is 5.94. The second kappa shape index (κ2) is 7.79. The van der Waals surface area contributed by atoms with Gasteiger partial charge in [0.2, 0.25) is 0 Å². The first-order valence-electron chi connectivity index (χ1n) is 8.66. The summed E-state index contributed by atoms with van der Waals surface area (Å²) < 4.78 is 6.01. The van der Waals surface area contributed by atoms with Crippen molar-refractivity contribution in [1.29, 1.82) is 0 Å². The number of hydrogen-bond acceptors (Lipinski definition) is 4. The third-order valence-electron chi connectivity index (χ3n) is 4.78. The molecule has 2 atom stereocenters. The first-order chi connectivity index (χ1) is 11.2. The Morgan fingerprint density at radius 1 is 1.26 bits per heavy atom. The van der Waals surface area contributed by atoms with Gasteiger partial charge in [-0.2, -0.15) is 0 Å². The highest BCUT2D eigenvalue weighted by atomic mass is 16.5. The Labute approximate surface area is 137 Å². The van der Waals surface area contributed by atoms with Crippen molar-refractivity contribution in [2.75, 3.05) is 19.6 Å². The summed E-state index contributed by atoms with van der Waals surface area (Å²) in [6, 6.07) is 7.38. The Kier molecular flexibility index (Phi) is 5.51. The number of carbonyl (C=O) groups excluding carboxylic acids is 1. The molecular formula is C18H26N2O3. The topological polar surface area (TPSA) is 70.6 Å². The van der Waals surface area contributed by atoms with E-state index in [1.165, 1.54) is 19.3 Å². The summed E-state index contributed by atoms with van der Waals surface area (Å²) in [7, 11) is 0. The van der Waals surface area contributed by atoms with Crippen molar-refractivity contribution in [1.82, 2.24) is 10.6 Å². The van der Waals surface area contributed by atoms with E-state index in [4.69, 9.17) is 4.74 Å². The molecule has 2 aliphatic rings. The molecule has 0 bridgehead atoms. The Morgan fingerprint density at radius 3 is 2.83 bits per heavy atom. The maximum absolute atomic E-state index is 12.3. The first-order valence-corrected chi connectivity index (χ1v) is 8.66. The number of aliphatic hydroxyl groups is 1. The average molecular weight is 318 g/mol. The Morgan fingerprint density at radius 2 is 2.09 bits per heavy atom. The highest BCUT2D eigenvalue weighted by Gasteiger charge is 2.25.